The van der Waals surface area contributed by atoms with E-state index in [1.807, 2.05) is 11.3 Å². The van der Waals surface area contributed by atoms with Crippen LogP contribution in [0.1, 0.15) is 11.3 Å². The lowest BCUT2D eigenvalue weighted by Gasteiger charge is -2.08. The second-order valence-electron chi connectivity index (χ2n) is 4.04. The Morgan fingerprint density at radius 1 is 1.14 bits per heavy atom. The Bertz CT molecular complexity index is 266. The summed E-state index contributed by atoms with van der Waals surface area (Å²) in [6.07, 6.45) is 2.46. The fourth-order valence-corrected chi connectivity index (χ4v) is 2.28. The van der Waals surface area contributed by atoms with Crippen molar-refractivity contribution in [3.63, 3.8) is 0 Å². The summed E-state index contributed by atoms with van der Waals surface area (Å²) in [4.78, 5) is 5.90. The first-order valence-corrected chi connectivity index (χ1v) is 5.82. The summed E-state index contributed by atoms with van der Waals surface area (Å²) in [5, 5.41) is 1.35. The molecular weight excluding hydrogens is 192 g/mol. The van der Waals surface area contributed by atoms with Gasteiger partial charge in [-0.3, -0.25) is 0 Å². The average molecular weight is 212 g/mol. The van der Waals surface area contributed by atoms with Gasteiger partial charge in [-0.25, -0.2) is 0 Å². The normalized spacial score (nSPS) is 10.9. The predicted octanol–water partition coefficient (Wildman–Crippen LogP) is 2.31. The van der Waals surface area contributed by atoms with Crippen LogP contribution in [0.5, 0.6) is 0 Å². The zero-order chi connectivity index (χ0) is 10.6. The molecule has 1 heterocycles. The lowest BCUT2D eigenvalue weighted by atomic mass is 10.2. The van der Waals surface area contributed by atoms with Gasteiger partial charge in [0.15, 0.2) is 0 Å². The Hall–Kier alpha value is -0.540. The van der Waals surface area contributed by atoms with Gasteiger partial charge in [0.25, 0.3) is 0 Å². The van der Waals surface area contributed by atoms with E-state index in [1.54, 1.807) is 0 Å². The third-order valence-corrected chi connectivity index (χ3v) is 3.43. The van der Waals surface area contributed by atoms with Crippen LogP contribution in [0, 0.1) is 0 Å². The van der Waals surface area contributed by atoms with Crippen LogP contribution in [0.4, 0.5) is 5.00 Å². The molecule has 0 N–H and O–H groups in total. The monoisotopic (exact) mass is 212 g/mol. The second kappa shape index (κ2) is 5.37. The van der Waals surface area contributed by atoms with Crippen molar-refractivity contribution in [3.05, 3.63) is 17.0 Å². The lowest BCUT2D eigenvalue weighted by molar-refractivity contribution is 0.401. The molecule has 1 aromatic rings. The van der Waals surface area contributed by atoms with E-state index in [-0.39, 0.29) is 0 Å². The van der Waals surface area contributed by atoms with Crippen molar-refractivity contribution in [1.29, 1.82) is 0 Å². The van der Waals surface area contributed by atoms with E-state index >= 15 is 0 Å². The smallest absolute Gasteiger partial charge is 0.0906 e. The highest BCUT2D eigenvalue weighted by molar-refractivity contribution is 7.16. The van der Waals surface area contributed by atoms with Crippen molar-refractivity contribution in [3.8, 4) is 0 Å². The summed E-state index contributed by atoms with van der Waals surface area (Å²) < 4.78 is 0. The van der Waals surface area contributed by atoms with Crippen molar-refractivity contribution in [2.45, 2.75) is 12.8 Å². The van der Waals surface area contributed by atoms with Gasteiger partial charge in [-0.05, 0) is 45.6 Å². The SMILES string of the molecule is CN(C)CCCc1ccc(N(C)C)s1. The molecule has 80 valence electrons. The summed E-state index contributed by atoms with van der Waals surface area (Å²) in [7, 11) is 8.43. The topological polar surface area (TPSA) is 6.48 Å². The minimum Gasteiger partial charge on any atom is -0.370 e. The van der Waals surface area contributed by atoms with E-state index in [4.69, 9.17) is 0 Å². The molecule has 0 atom stereocenters. The van der Waals surface area contributed by atoms with E-state index in [2.05, 4.69) is 50.1 Å². The van der Waals surface area contributed by atoms with Gasteiger partial charge in [-0.1, -0.05) is 0 Å². The molecular formula is C11H20N2S. The van der Waals surface area contributed by atoms with Gasteiger partial charge in [0.2, 0.25) is 0 Å². The molecule has 0 aromatic carbocycles. The third kappa shape index (κ3) is 3.68. The molecule has 2 nitrogen and oxygen atoms in total. The summed E-state index contributed by atoms with van der Waals surface area (Å²) in [5.74, 6) is 0. The van der Waals surface area contributed by atoms with Crippen molar-refractivity contribution in [2.75, 3.05) is 39.6 Å². The lowest BCUT2D eigenvalue weighted by Crippen LogP contribution is -2.13. The summed E-state index contributed by atoms with van der Waals surface area (Å²) in [5.41, 5.74) is 0. The van der Waals surface area contributed by atoms with Crippen LogP contribution in [-0.2, 0) is 6.42 Å². The molecule has 0 spiro atoms. The van der Waals surface area contributed by atoms with E-state index < -0.39 is 0 Å². The van der Waals surface area contributed by atoms with Crippen LogP contribution < -0.4 is 4.90 Å². The molecule has 0 aliphatic carbocycles. The fraction of sp³-hybridized carbons (Fsp3) is 0.636. The molecule has 0 saturated heterocycles. The Morgan fingerprint density at radius 2 is 1.86 bits per heavy atom. The second-order valence-corrected chi connectivity index (χ2v) is 5.19. The van der Waals surface area contributed by atoms with Gasteiger partial charge < -0.3 is 9.80 Å². The van der Waals surface area contributed by atoms with Gasteiger partial charge in [-0.15, -0.1) is 11.3 Å². The van der Waals surface area contributed by atoms with Gasteiger partial charge in [0.05, 0.1) is 5.00 Å². The van der Waals surface area contributed by atoms with Gasteiger partial charge >= 0.3 is 0 Å². The zero-order valence-corrected chi connectivity index (χ0v) is 10.4. The molecule has 0 radical (unpaired) electrons. The average Bonchev–Trinajstić information content (AvgIpc) is 2.52. The molecule has 0 bridgehead atoms. The number of thiophene rings is 1. The number of nitrogens with zero attached hydrogens (tertiary/aromatic N) is 2. The van der Waals surface area contributed by atoms with E-state index in [0.717, 1.165) is 0 Å². The van der Waals surface area contributed by atoms with Crippen molar-refractivity contribution < 1.29 is 0 Å². The maximum atomic E-state index is 2.25. The number of hydrogen-bond donors (Lipinski definition) is 0. The number of aryl methyl sites for hydroxylation is 1. The third-order valence-electron chi connectivity index (χ3n) is 2.12. The molecule has 0 aliphatic rings. The summed E-state index contributed by atoms with van der Waals surface area (Å²) in [6.45, 7) is 1.18. The van der Waals surface area contributed by atoms with Crippen LogP contribution in [-0.4, -0.2) is 39.6 Å². The van der Waals surface area contributed by atoms with Crippen molar-refractivity contribution >= 4 is 16.3 Å². The summed E-state index contributed by atoms with van der Waals surface area (Å²) >= 11 is 1.90. The van der Waals surface area contributed by atoms with Crippen LogP contribution in [0.25, 0.3) is 0 Å². The zero-order valence-electron chi connectivity index (χ0n) is 9.58. The summed E-state index contributed by atoms with van der Waals surface area (Å²) in [6, 6.07) is 4.45. The van der Waals surface area contributed by atoms with Crippen LogP contribution in [0.3, 0.4) is 0 Å². The maximum absolute atomic E-state index is 2.25. The predicted molar refractivity (Wildman–Crippen MR) is 65.5 cm³/mol. The Balaban J connectivity index is 2.36. The first-order chi connectivity index (χ1) is 6.59. The molecule has 0 fully saturated rings. The molecule has 1 rings (SSSR count). The molecule has 1 aromatic heterocycles. The van der Waals surface area contributed by atoms with E-state index in [1.165, 1.54) is 29.3 Å². The van der Waals surface area contributed by atoms with Gasteiger partial charge in [0.1, 0.15) is 0 Å². The molecule has 14 heavy (non-hydrogen) atoms. The number of hydrogen-bond acceptors (Lipinski definition) is 3. The van der Waals surface area contributed by atoms with Crippen molar-refractivity contribution in [1.82, 2.24) is 4.90 Å². The van der Waals surface area contributed by atoms with Crippen molar-refractivity contribution in [2.24, 2.45) is 0 Å². The first kappa shape index (κ1) is 11.5. The van der Waals surface area contributed by atoms with E-state index in [0.29, 0.717) is 0 Å². The molecule has 0 amide bonds. The van der Waals surface area contributed by atoms with E-state index in [9.17, 15) is 0 Å². The molecule has 0 aliphatic heterocycles. The van der Waals surface area contributed by atoms with Crippen LogP contribution in [0.2, 0.25) is 0 Å². The van der Waals surface area contributed by atoms with Crippen LogP contribution >= 0.6 is 11.3 Å². The highest BCUT2D eigenvalue weighted by atomic mass is 32.1. The molecule has 0 saturated carbocycles. The molecule has 3 heteroatoms. The Labute approximate surface area is 91.1 Å². The Kier molecular flexibility index (Phi) is 4.42. The van der Waals surface area contributed by atoms with Gasteiger partial charge in [0, 0.05) is 19.0 Å². The van der Waals surface area contributed by atoms with Gasteiger partial charge in [-0.2, -0.15) is 0 Å². The quantitative estimate of drug-likeness (QED) is 0.739. The largest absolute Gasteiger partial charge is 0.370 e. The minimum absolute atomic E-state index is 1.18. The fourth-order valence-electron chi connectivity index (χ4n) is 1.31. The maximum Gasteiger partial charge on any atom is 0.0906 e. The van der Waals surface area contributed by atoms with Crippen LogP contribution in [0.15, 0.2) is 12.1 Å². The minimum atomic E-state index is 1.18. The first-order valence-electron chi connectivity index (χ1n) is 5.00. The number of anilines is 1. The number of rotatable bonds is 5. The highest BCUT2D eigenvalue weighted by Crippen LogP contribution is 2.24. The molecule has 0 unspecified atom stereocenters. The highest BCUT2D eigenvalue weighted by Gasteiger charge is 2.01. The Morgan fingerprint density at radius 3 is 2.36 bits per heavy atom. The standard InChI is InChI=1S/C11H20N2S/c1-12(2)9-5-6-10-7-8-11(14-10)13(3)4/h7-8H,5-6,9H2,1-4H3.